The van der Waals surface area contributed by atoms with E-state index in [1.807, 2.05) is 0 Å². The van der Waals surface area contributed by atoms with Crippen LogP contribution >= 0.6 is 0 Å². The van der Waals surface area contributed by atoms with Crippen LogP contribution < -0.4 is 57.3 Å². The molecule has 4 heteroatoms. The SMILES string of the molecule is CC(=O)ON.[K+]. The molecule has 0 saturated heterocycles. The Morgan fingerprint density at radius 3 is 2.00 bits per heavy atom. The summed E-state index contributed by atoms with van der Waals surface area (Å²) >= 11 is 0. The summed E-state index contributed by atoms with van der Waals surface area (Å²) < 4.78 is 0. The first-order valence-electron chi connectivity index (χ1n) is 1.14. The van der Waals surface area contributed by atoms with E-state index in [1.165, 1.54) is 6.92 Å². The third-order valence-corrected chi connectivity index (χ3v) is 0.166. The predicted molar refractivity (Wildman–Crippen MR) is 16.0 cm³/mol. The van der Waals surface area contributed by atoms with Crippen molar-refractivity contribution >= 4 is 5.97 Å². The van der Waals surface area contributed by atoms with Gasteiger partial charge in [0.2, 0.25) is 0 Å². The fourth-order valence-corrected chi connectivity index (χ4v) is 0. The van der Waals surface area contributed by atoms with Crippen molar-refractivity contribution < 1.29 is 61.0 Å². The van der Waals surface area contributed by atoms with Crippen LogP contribution in [0.1, 0.15) is 6.92 Å². The third-order valence-electron chi connectivity index (χ3n) is 0.166. The van der Waals surface area contributed by atoms with Crippen molar-refractivity contribution in [2.75, 3.05) is 0 Å². The van der Waals surface area contributed by atoms with Crippen molar-refractivity contribution in [1.82, 2.24) is 0 Å². The molecule has 0 aromatic rings. The minimum absolute atomic E-state index is 0. The average molecular weight is 114 g/mol. The molecule has 0 aliphatic carbocycles. The minimum atomic E-state index is -0.468. The number of hydrogen-bond acceptors (Lipinski definition) is 3. The monoisotopic (exact) mass is 114 g/mol. The van der Waals surface area contributed by atoms with Crippen molar-refractivity contribution in [3.05, 3.63) is 0 Å². The van der Waals surface area contributed by atoms with Crippen LogP contribution in [0.25, 0.3) is 0 Å². The van der Waals surface area contributed by atoms with Gasteiger partial charge in [0, 0.05) is 6.92 Å². The number of carbonyl (C=O) groups excluding carboxylic acids is 1. The second-order valence-electron chi connectivity index (χ2n) is 0.609. The third kappa shape index (κ3) is 8.91. The van der Waals surface area contributed by atoms with E-state index in [0.29, 0.717) is 0 Å². The first kappa shape index (κ1) is 10.1. The zero-order chi connectivity index (χ0) is 4.28. The number of carbonyl (C=O) groups is 1. The second-order valence-corrected chi connectivity index (χ2v) is 0.609. The molecule has 0 atom stereocenters. The Labute approximate surface area is 78.6 Å². The van der Waals surface area contributed by atoms with Gasteiger partial charge in [-0.05, 0) is 0 Å². The Morgan fingerprint density at radius 1 is 1.83 bits per heavy atom. The zero-order valence-electron chi connectivity index (χ0n) is 3.89. The maximum atomic E-state index is 9.47. The molecule has 0 rings (SSSR count). The van der Waals surface area contributed by atoms with Gasteiger partial charge in [-0.3, -0.25) is 4.79 Å². The van der Waals surface area contributed by atoms with Crippen LogP contribution in [0.5, 0.6) is 0 Å². The molecule has 0 radical (unpaired) electrons. The van der Waals surface area contributed by atoms with Crippen LogP contribution in [-0.4, -0.2) is 5.97 Å². The van der Waals surface area contributed by atoms with E-state index in [4.69, 9.17) is 0 Å². The van der Waals surface area contributed by atoms with E-state index in [1.54, 1.807) is 0 Å². The maximum Gasteiger partial charge on any atom is 1.00 e. The molecule has 0 fully saturated rings. The van der Waals surface area contributed by atoms with Gasteiger partial charge in [-0.25, -0.2) is 0 Å². The molecule has 0 heterocycles. The maximum absolute atomic E-state index is 9.47. The van der Waals surface area contributed by atoms with Crippen molar-refractivity contribution in [1.29, 1.82) is 0 Å². The summed E-state index contributed by atoms with van der Waals surface area (Å²) in [5, 5.41) is 0. The Hall–Kier alpha value is 1.07. The van der Waals surface area contributed by atoms with Crippen molar-refractivity contribution in [3.63, 3.8) is 0 Å². The molecule has 0 saturated carbocycles. The van der Waals surface area contributed by atoms with Gasteiger partial charge in [-0.15, -0.1) is 0 Å². The molecule has 0 aliphatic rings. The first-order chi connectivity index (χ1) is 2.27. The van der Waals surface area contributed by atoms with Crippen LogP contribution in [0.3, 0.4) is 0 Å². The zero-order valence-corrected chi connectivity index (χ0v) is 7.02. The van der Waals surface area contributed by atoms with Gasteiger partial charge in [0.15, 0.2) is 0 Å². The van der Waals surface area contributed by atoms with Crippen molar-refractivity contribution in [3.8, 4) is 0 Å². The molecule has 3 nitrogen and oxygen atoms in total. The summed E-state index contributed by atoms with van der Waals surface area (Å²) in [5.41, 5.74) is 0. The van der Waals surface area contributed by atoms with E-state index < -0.39 is 5.97 Å². The van der Waals surface area contributed by atoms with Gasteiger partial charge in [-0.1, -0.05) is 0 Å². The van der Waals surface area contributed by atoms with Crippen LogP contribution in [0.15, 0.2) is 0 Å². The number of nitrogens with two attached hydrogens (primary N) is 1. The van der Waals surface area contributed by atoms with E-state index in [0.717, 1.165) is 0 Å². The Balaban J connectivity index is 0. The Kier molecular flexibility index (Phi) is 10.2. The molecule has 0 aliphatic heterocycles. The van der Waals surface area contributed by atoms with E-state index >= 15 is 0 Å². The first-order valence-corrected chi connectivity index (χ1v) is 1.14. The molecule has 0 spiro atoms. The molecule has 6 heavy (non-hydrogen) atoms. The largest absolute Gasteiger partial charge is 1.00 e. The van der Waals surface area contributed by atoms with Crippen molar-refractivity contribution in [2.24, 2.45) is 5.90 Å². The fourth-order valence-electron chi connectivity index (χ4n) is 0. The smallest absolute Gasteiger partial charge is 0.374 e. The predicted octanol–water partition coefficient (Wildman–Crippen LogP) is -3.57. The fraction of sp³-hybridized carbons (Fsp3) is 0.500. The van der Waals surface area contributed by atoms with Gasteiger partial charge in [0.25, 0.3) is 0 Å². The molecule has 0 aromatic heterocycles. The normalized spacial score (nSPS) is 5.67. The Bertz CT molecular complexity index is 46.8. The number of rotatable bonds is 0. The topological polar surface area (TPSA) is 52.3 Å². The van der Waals surface area contributed by atoms with Gasteiger partial charge < -0.3 is 4.84 Å². The molecule has 0 bridgehead atoms. The van der Waals surface area contributed by atoms with Crippen molar-refractivity contribution in [2.45, 2.75) is 6.92 Å². The van der Waals surface area contributed by atoms with Gasteiger partial charge in [0.05, 0.1) is 0 Å². The summed E-state index contributed by atoms with van der Waals surface area (Å²) in [7, 11) is 0. The molecular formula is C2H5KNO2+. The number of hydrogen-bond donors (Lipinski definition) is 1. The molecule has 0 amide bonds. The average Bonchev–Trinajstić information content (AvgIpc) is 1.38. The molecule has 0 unspecified atom stereocenters. The summed E-state index contributed by atoms with van der Waals surface area (Å²) in [6.45, 7) is 1.24. The quantitative estimate of drug-likeness (QED) is 0.262. The summed E-state index contributed by atoms with van der Waals surface area (Å²) in [6, 6.07) is 0. The van der Waals surface area contributed by atoms with Gasteiger partial charge >= 0.3 is 57.4 Å². The van der Waals surface area contributed by atoms with E-state index in [-0.39, 0.29) is 51.4 Å². The summed E-state index contributed by atoms with van der Waals surface area (Å²) in [5.74, 6) is 3.85. The van der Waals surface area contributed by atoms with Crippen LogP contribution in [0.2, 0.25) is 0 Å². The second kappa shape index (κ2) is 6.07. The molecule has 30 valence electrons. The Morgan fingerprint density at radius 2 is 2.00 bits per heavy atom. The summed E-state index contributed by atoms with van der Waals surface area (Å²) in [4.78, 5) is 13.1. The summed E-state index contributed by atoms with van der Waals surface area (Å²) in [6.07, 6.45) is 0. The van der Waals surface area contributed by atoms with Crippen LogP contribution in [0, 0.1) is 0 Å². The van der Waals surface area contributed by atoms with E-state index in [9.17, 15) is 4.79 Å². The van der Waals surface area contributed by atoms with Gasteiger partial charge in [0.1, 0.15) is 0 Å². The van der Waals surface area contributed by atoms with Gasteiger partial charge in [-0.2, -0.15) is 5.90 Å². The van der Waals surface area contributed by atoms with Crippen LogP contribution in [-0.2, 0) is 9.63 Å². The van der Waals surface area contributed by atoms with Crippen LogP contribution in [0.4, 0.5) is 0 Å². The minimum Gasteiger partial charge on any atom is -0.374 e. The standard InChI is InChI=1S/C2H5NO2.K/c1-2(4)5-3;/h3H2,1H3;/q;+1. The van der Waals surface area contributed by atoms with E-state index in [2.05, 4.69) is 10.7 Å². The molecule has 0 aromatic carbocycles. The molecule has 2 N–H and O–H groups in total. The molecular weight excluding hydrogens is 109 g/mol.